The number of alkyl halides is 6. The first-order chi connectivity index (χ1) is 29.1. The van der Waals surface area contributed by atoms with Gasteiger partial charge in [0.15, 0.2) is 0 Å². The lowest BCUT2D eigenvalue weighted by atomic mass is 9.83. The molecule has 0 saturated heterocycles. The summed E-state index contributed by atoms with van der Waals surface area (Å²) >= 11 is 0. The van der Waals surface area contributed by atoms with Gasteiger partial charge in [0, 0.05) is 33.5 Å². The molecule has 0 aliphatic carbocycles. The van der Waals surface area contributed by atoms with Gasteiger partial charge in [-0.25, -0.2) is 0 Å². The van der Waals surface area contributed by atoms with E-state index < -0.39 is 23.5 Å². The maximum absolute atomic E-state index is 14.9. The predicted octanol–water partition coefficient (Wildman–Crippen LogP) is 15.9. The van der Waals surface area contributed by atoms with Crippen molar-refractivity contribution in [1.82, 2.24) is 4.57 Å². The predicted molar refractivity (Wildman–Crippen MR) is 231 cm³/mol. The number of nitrogens with zero attached hydrogens (tertiary/aromatic N) is 2. The molecule has 2 nitrogen and oxygen atoms in total. The highest BCUT2D eigenvalue weighted by Gasteiger charge is 2.36. The lowest BCUT2D eigenvalue weighted by molar-refractivity contribution is -0.137. The molecular formula is C52H32F6N2. The molecule has 292 valence electrons. The molecule has 10 rings (SSSR count). The first-order valence-electron chi connectivity index (χ1n) is 19.3. The zero-order chi connectivity index (χ0) is 41.2. The Bertz CT molecular complexity index is 3240. The average molecular weight is 799 g/mol. The SMILES string of the molecule is FC(F)(F)c1ccccc1-c1c2ccccc2c(-c2ccccc2C(F)(F)F)c2cc(N(c3ccccc3)c3ccc4c(c3)c3ccccc3n4-c3ccccc3)ccc12. The molecule has 0 radical (unpaired) electrons. The summed E-state index contributed by atoms with van der Waals surface area (Å²) in [6, 6.07) is 57.0. The van der Waals surface area contributed by atoms with Gasteiger partial charge < -0.3 is 9.47 Å². The maximum Gasteiger partial charge on any atom is 0.417 e. The van der Waals surface area contributed by atoms with Crippen LogP contribution >= 0.6 is 0 Å². The van der Waals surface area contributed by atoms with E-state index in [2.05, 4.69) is 41.0 Å². The number of para-hydroxylation sites is 3. The number of aromatic nitrogens is 1. The van der Waals surface area contributed by atoms with E-state index in [9.17, 15) is 26.3 Å². The van der Waals surface area contributed by atoms with Crippen molar-refractivity contribution in [3.8, 4) is 27.9 Å². The third-order valence-electron chi connectivity index (χ3n) is 11.2. The minimum absolute atomic E-state index is 0.0604. The Morgan fingerprint density at radius 1 is 0.333 bits per heavy atom. The maximum atomic E-state index is 14.9. The van der Waals surface area contributed by atoms with Gasteiger partial charge in [0.1, 0.15) is 0 Å². The zero-order valence-electron chi connectivity index (χ0n) is 31.6. The highest BCUT2D eigenvalue weighted by Crippen LogP contribution is 2.51. The molecule has 8 heteroatoms. The molecule has 0 aliphatic heterocycles. The minimum Gasteiger partial charge on any atom is -0.310 e. The lowest BCUT2D eigenvalue weighted by Gasteiger charge is -2.27. The molecule has 0 bridgehead atoms. The molecule has 60 heavy (non-hydrogen) atoms. The van der Waals surface area contributed by atoms with Crippen LogP contribution in [-0.2, 0) is 12.4 Å². The van der Waals surface area contributed by atoms with Gasteiger partial charge in [0.2, 0.25) is 0 Å². The van der Waals surface area contributed by atoms with Crippen LogP contribution in [0.3, 0.4) is 0 Å². The Balaban J connectivity index is 1.30. The topological polar surface area (TPSA) is 8.17 Å². The molecule has 0 amide bonds. The molecule has 0 fully saturated rings. The van der Waals surface area contributed by atoms with Crippen LogP contribution < -0.4 is 4.90 Å². The quantitative estimate of drug-likeness (QED) is 0.120. The standard InChI is InChI=1S/C52H32F6N2/c53-51(54,55)45-24-12-9-22-41(45)49-38-20-7-8-21-39(38)50(42-23-10-13-25-46(42)52(56,57)58)44-32-35(27-29-40(44)49)59(33-15-3-1-4-16-33)36-28-30-48-43(31-36)37-19-11-14-26-47(37)60(48)34-17-5-2-6-18-34/h1-32H. The summed E-state index contributed by atoms with van der Waals surface area (Å²) in [4.78, 5) is 2.03. The van der Waals surface area contributed by atoms with Crippen LogP contribution in [0.5, 0.6) is 0 Å². The van der Waals surface area contributed by atoms with Gasteiger partial charge in [-0.1, -0.05) is 121 Å². The van der Waals surface area contributed by atoms with Gasteiger partial charge in [-0.15, -0.1) is 0 Å². The van der Waals surface area contributed by atoms with Crippen LogP contribution in [0.1, 0.15) is 11.1 Å². The summed E-state index contributed by atoms with van der Waals surface area (Å²) in [6.45, 7) is 0. The number of hydrogen-bond acceptors (Lipinski definition) is 1. The largest absolute Gasteiger partial charge is 0.417 e. The summed E-state index contributed by atoms with van der Waals surface area (Å²) in [7, 11) is 0. The molecule has 1 aromatic heterocycles. The highest BCUT2D eigenvalue weighted by molar-refractivity contribution is 6.22. The average Bonchev–Trinajstić information content (AvgIpc) is 3.59. The van der Waals surface area contributed by atoms with Crippen molar-refractivity contribution in [3.05, 3.63) is 205 Å². The van der Waals surface area contributed by atoms with Crippen LogP contribution in [0.15, 0.2) is 194 Å². The van der Waals surface area contributed by atoms with Crippen molar-refractivity contribution in [1.29, 1.82) is 0 Å². The number of rotatable bonds is 6. The number of hydrogen-bond donors (Lipinski definition) is 0. The third-order valence-corrected chi connectivity index (χ3v) is 11.2. The van der Waals surface area contributed by atoms with Crippen LogP contribution in [0.4, 0.5) is 43.4 Å². The summed E-state index contributed by atoms with van der Waals surface area (Å²) in [6.07, 6.45) is -9.41. The summed E-state index contributed by atoms with van der Waals surface area (Å²) in [5.41, 5.74) is 3.95. The van der Waals surface area contributed by atoms with Gasteiger partial charge >= 0.3 is 12.4 Å². The molecule has 0 atom stereocenters. The van der Waals surface area contributed by atoms with E-state index in [4.69, 9.17) is 0 Å². The molecule has 0 saturated carbocycles. The minimum atomic E-state index is -4.71. The summed E-state index contributed by atoms with van der Waals surface area (Å²) in [5, 5.41) is 3.59. The monoisotopic (exact) mass is 798 g/mol. The molecule has 0 unspecified atom stereocenters. The second-order valence-electron chi connectivity index (χ2n) is 14.7. The molecular weight excluding hydrogens is 767 g/mol. The van der Waals surface area contributed by atoms with Gasteiger partial charge in [0.25, 0.3) is 0 Å². The Labute approximate surface area is 340 Å². The molecule has 1 heterocycles. The van der Waals surface area contributed by atoms with E-state index >= 15 is 0 Å². The van der Waals surface area contributed by atoms with E-state index in [0.717, 1.165) is 51.0 Å². The highest BCUT2D eigenvalue weighted by atomic mass is 19.4. The first kappa shape index (κ1) is 37.0. The third kappa shape index (κ3) is 6.14. The van der Waals surface area contributed by atoms with Gasteiger partial charge in [-0.05, 0) is 117 Å². The normalized spacial score (nSPS) is 12.2. The van der Waals surface area contributed by atoms with Gasteiger partial charge in [-0.2, -0.15) is 26.3 Å². The lowest BCUT2D eigenvalue weighted by Crippen LogP contribution is -2.11. The number of benzene rings is 9. The number of halogens is 6. The fraction of sp³-hybridized carbons (Fsp3) is 0.0385. The van der Waals surface area contributed by atoms with E-state index in [-0.39, 0.29) is 22.3 Å². The molecule has 10 aromatic rings. The number of anilines is 3. The van der Waals surface area contributed by atoms with E-state index in [1.165, 1.54) is 24.3 Å². The fourth-order valence-corrected chi connectivity index (χ4v) is 8.76. The zero-order valence-corrected chi connectivity index (χ0v) is 31.6. The van der Waals surface area contributed by atoms with Crippen molar-refractivity contribution in [2.24, 2.45) is 0 Å². The summed E-state index contributed by atoms with van der Waals surface area (Å²) in [5.74, 6) is 0. The van der Waals surface area contributed by atoms with Crippen molar-refractivity contribution < 1.29 is 26.3 Å². The fourth-order valence-electron chi connectivity index (χ4n) is 8.76. The number of fused-ring (bicyclic) bond motifs is 5. The molecule has 0 N–H and O–H groups in total. The Morgan fingerprint density at radius 3 is 1.37 bits per heavy atom. The van der Waals surface area contributed by atoms with Crippen LogP contribution in [0.25, 0.3) is 71.3 Å². The van der Waals surface area contributed by atoms with Gasteiger partial charge in [-0.3, -0.25) is 0 Å². The molecule has 0 aliphatic rings. The van der Waals surface area contributed by atoms with E-state index in [1.807, 2.05) is 83.8 Å². The molecule has 9 aromatic carbocycles. The second-order valence-corrected chi connectivity index (χ2v) is 14.7. The Morgan fingerprint density at radius 2 is 0.767 bits per heavy atom. The first-order valence-corrected chi connectivity index (χ1v) is 19.3. The van der Waals surface area contributed by atoms with Crippen molar-refractivity contribution >= 4 is 60.4 Å². The smallest absolute Gasteiger partial charge is 0.310 e. The summed E-state index contributed by atoms with van der Waals surface area (Å²) < 4.78 is 91.3. The van der Waals surface area contributed by atoms with E-state index in [1.54, 1.807) is 42.5 Å². The van der Waals surface area contributed by atoms with Crippen molar-refractivity contribution in [2.75, 3.05) is 4.90 Å². The van der Waals surface area contributed by atoms with Gasteiger partial charge in [0.05, 0.1) is 22.2 Å². The Kier molecular flexibility index (Phi) is 8.75. The second kappa shape index (κ2) is 14.2. The van der Waals surface area contributed by atoms with Crippen molar-refractivity contribution in [3.63, 3.8) is 0 Å². The van der Waals surface area contributed by atoms with Crippen LogP contribution in [0, 0.1) is 0 Å². The van der Waals surface area contributed by atoms with Crippen LogP contribution in [0.2, 0.25) is 0 Å². The Hall–Kier alpha value is -7.32. The molecule has 0 spiro atoms. The van der Waals surface area contributed by atoms with Crippen molar-refractivity contribution in [2.45, 2.75) is 12.4 Å². The van der Waals surface area contributed by atoms with E-state index in [0.29, 0.717) is 27.2 Å². The van der Waals surface area contributed by atoms with Crippen LogP contribution in [-0.4, -0.2) is 4.57 Å².